The van der Waals surface area contributed by atoms with Gasteiger partial charge in [0, 0.05) is 6.92 Å². The smallest absolute Gasteiger partial charge is 0.347 e. The highest BCUT2D eigenvalue weighted by Crippen LogP contribution is 2.49. The highest BCUT2D eigenvalue weighted by atomic mass is 16.5. The van der Waals surface area contributed by atoms with Gasteiger partial charge >= 0.3 is 5.97 Å². The van der Waals surface area contributed by atoms with Crippen molar-refractivity contribution in [3.63, 3.8) is 0 Å². The zero-order valence-corrected chi connectivity index (χ0v) is 14.1. The minimum atomic E-state index is -1.81. The van der Waals surface area contributed by atoms with E-state index in [-0.39, 0.29) is 6.61 Å². The number of ether oxygens (including phenoxy) is 1. The van der Waals surface area contributed by atoms with E-state index in [1.807, 2.05) is 54.6 Å². The summed E-state index contributed by atoms with van der Waals surface area (Å²) in [4.78, 5) is 24.6. The summed E-state index contributed by atoms with van der Waals surface area (Å²) in [5, 5.41) is 12.5. The van der Waals surface area contributed by atoms with Gasteiger partial charge in [0.1, 0.15) is 6.07 Å². The average Bonchev–Trinajstić information content (AvgIpc) is 2.95. The van der Waals surface area contributed by atoms with Crippen molar-refractivity contribution in [2.75, 3.05) is 6.61 Å². The van der Waals surface area contributed by atoms with E-state index < -0.39 is 23.3 Å². The summed E-state index contributed by atoms with van der Waals surface area (Å²) < 4.78 is 5.17. The molecule has 0 heterocycles. The summed E-state index contributed by atoms with van der Waals surface area (Å²) >= 11 is 0. The topological polar surface area (TPSA) is 79.2 Å². The molecule has 1 amide bonds. The van der Waals surface area contributed by atoms with Crippen LogP contribution in [0.25, 0.3) is 11.1 Å². The first-order valence-electron chi connectivity index (χ1n) is 8.10. The highest BCUT2D eigenvalue weighted by molar-refractivity contribution is 5.95. The van der Waals surface area contributed by atoms with Crippen LogP contribution >= 0.6 is 0 Å². The second kappa shape index (κ2) is 6.40. The van der Waals surface area contributed by atoms with Crippen molar-refractivity contribution in [1.82, 2.24) is 5.32 Å². The Morgan fingerprint density at radius 2 is 1.64 bits per heavy atom. The maximum atomic E-state index is 12.8. The van der Waals surface area contributed by atoms with Gasteiger partial charge in [-0.3, -0.25) is 4.79 Å². The number of hydrogen-bond donors (Lipinski definition) is 1. The van der Waals surface area contributed by atoms with Gasteiger partial charge in [-0.05, 0) is 29.2 Å². The van der Waals surface area contributed by atoms with Crippen LogP contribution in [0.4, 0.5) is 0 Å². The summed E-state index contributed by atoms with van der Waals surface area (Å²) in [7, 11) is 0. The van der Waals surface area contributed by atoms with Gasteiger partial charge in [0.2, 0.25) is 11.4 Å². The van der Waals surface area contributed by atoms with E-state index in [4.69, 9.17) is 4.74 Å². The Kier molecular flexibility index (Phi) is 4.28. The van der Waals surface area contributed by atoms with Gasteiger partial charge in [-0.25, -0.2) is 4.79 Å². The third-order valence-electron chi connectivity index (χ3n) is 4.41. The number of nitriles is 1. The van der Waals surface area contributed by atoms with E-state index in [1.165, 1.54) is 6.92 Å². The number of benzene rings is 2. The van der Waals surface area contributed by atoms with Gasteiger partial charge in [0.25, 0.3) is 0 Å². The molecule has 0 spiro atoms. The number of rotatable bonds is 4. The van der Waals surface area contributed by atoms with Crippen LogP contribution in [-0.2, 0) is 14.3 Å². The van der Waals surface area contributed by atoms with Crippen LogP contribution in [0, 0.1) is 11.3 Å². The Morgan fingerprint density at radius 3 is 2.08 bits per heavy atom. The largest absolute Gasteiger partial charge is 0.463 e. The molecule has 5 heteroatoms. The van der Waals surface area contributed by atoms with Crippen molar-refractivity contribution in [1.29, 1.82) is 5.26 Å². The molecule has 0 radical (unpaired) electrons. The van der Waals surface area contributed by atoms with Crippen molar-refractivity contribution < 1.29 is 14.3 Å². The molecule has 25 heavy (non-hydrogen) atoms. The molecule has 126 valence electrons. The number of fused-ring (bicyclic) bond motifs is 3. The number of carbonyl (C=O) groups excluding carboxylic acids is 2. The minimum absolute atomic E-state index is 0.123. The Labute approximate surface area is 146 Å². The van der Waals surface area contributed by atoms with Gasteiger partial charge in [0.05, 0.1) is 12.5 Å². The van der Waals surface area contributed by atoms with Gasteiger partial charge in [0.15, 0.2) is 0 Å². The van der Waals surface area contributed by atoms with Crippen LogP contribution in [-0.4, -0.2) is 24.0 Å². The summed E-state index contributed by atoms with van der Waals surface area (Å²) in [5.74, 6) is -1.84. The average molecular weight is 334 g/mol. The monoisotopic (exact) mass is 334 g/mol. The molecule has 0 bridgehead atoms. The fraction of sp³-hybridized carbons (Fsp3) is 0.250. The molecule has 0 fully saturated rings. The quantitative estimate of drug-likeness (QED) is 0.872. The normalized spacial score (nSPS) is 14.6. The van der Waals surface area contributed by atoms with E-state index >= 15 is 0 Å². The van der Waals surface area contributed by atoms with Crippen molar-refractivity contribution in [3.8, 4) is 17.2 Å². The Hall–Kier alpha value is -3.13. The first-order valence-corrected chi connectivity index (χ1v) is 8.10. The number of amides is 1. The predicted molar refractivity (Wildman–Crippen MR) is 92.5 cm³/mol. The number of nitrogens with one attached hydrogen (secondary N) is 1. The van der Waals surface area contributed by atoms with Crippen molar-refractivity contribution in [3.05, 3.63) is 59.7 Å². The summed E-state index contributed by atoms with van der Waals surface area (Å²) in [6, 6.07) is 17.3. The van der Waals surface area contributed by atoms with Crippen molar-refractivity contribution in [2.45, 2.75) is 25.3 Å². The second-order valence-electron chi connectivity index (χ2n) is 5.93. The van der Waals surface area contributed by atoms with Crippen LogP contribution < -0.4 is 5.32 Å². The lowest BCUT2D eigenvalue weighted by molar-refractivity contribution is -0.151. The third kappa shape index (κ3) is 2.56. The van der Waals surface area contributed by atoms with E-state index in [0.717, 1.165) is 22.3 Å². The van der Waals surface area contributed by atoms with Gasteiger partial charge in [-0.1, -0.05) is 48.5 Å². The first-order chi connectivity index (χ1) is 12.0. The maximum Gasteiger partial charge on any atom is 0.347 e. The molecule has 1 unspecified atom stereocenters. The van der Waals surface area contributed by atoms with Crippen LogP contribution in [0.1, 0.15) is 30.9 Å². The summed E-state index contributed by atoms with van der Waals surface area (Å²) in [5.41, 5.74) is 1.75. The van der Waals surface area contributed by atoms with Crippen LogP contribution in [0.15, 0.2) is 48.5 Å². The number of nitrogens with zero attached hydrogens (tertiary/aromatic N) is 1. The third-order valence-corrected chi connectivity index (χ3v) is 4.41. The summed E-state index contributed by atoms with van der Waals surface area (Å²) in [6.07, 6.45) is 0. The molecule has 1 atom stereocenters. The first kappa shape index (κ1) is 16.7. The molecular formula is C20H18N2O3. The molecule has 1 N–H and O–H groups in total. The van der Waals surface area contributed by atoms with Gasteiger partial charge in [-0.2, -0.15) is 5.26 Å². The molecule has 5 nitrogen and oxygen atoms in total. The molecule has 1 aliphatic carbocycles. The van der Waals surface area contributed by atoms with Crippen LogP contribution in [0.3, 0.4) is 0 Å². The fourth-order valence-electron chi connectivity index (χ4n) is 3.52. The van der Waals surface area contributed by atoms with E-state index in [2.05, 4.69) is 5.32 Å². The number of hydrogen-bond acceptors (Lipinski definition) is 4. The maximum absolute atomic E-state index is 12.8. The standard InChI is InChI=1S/C20H18N2O3/c1-3-25-19(24)20(12-21,22-13(2)23)18-16-10-6-4-8-14(16)15-9-5-7-11-17(15)18/h4-11,18H,3H2,1-2H3,(H,22,23). The van der Waals surface area contributed by atoms with Crippen LogP contribution in [0.5, 0.6) is 0 Å². The summed E-state index contributed by atoms with van der Waals surface area (Å²) in [6.45, 7) is 3.08. The minimum Gasteiger partial charge on any atom is -0.463 e. The molecule has 0 saturated heterocycles. The Bertz CT molecular complexity index is 839. The van der Waals surface area contributed by atoms with E-state index in [1.54, 1.807) is 6.92 Å². The lowest BCUT2D eigenvalue weighted by Gasteiger charge is -2.32. The lowest BCUT2D eigenvalue weighted by atomic mass is 9.78. The lowest BCUT2D eigenvalue weighted by Crippen LogP contribution is -2.57. The van der Waals surface area contributed by atoms with Crippen molar-refractivity contribution in [2.24, 2.45) is 0 Å². The fourth-order valence-corrected chi connectivity index (χ4v) is 3.52. The highest BCUT2D eigenvalue weighted by Gasteiger charge is 2.53. The number of carbonyl (C=O) groups is 2. The van der Waals surface area contributed by atoms with Gasteiger partial charge < -0.3 is 10.1 Å². The van der Waals surface area contributed by atoms with E-state index in [9.17, 15) is 14.9 Å². The molecule has 2 aromatic carbocycles. The molecular weight excluding hydrogens is 316 g/mol. The van der Waals surface area contributed by atoms with E-state index in [0.29, 0.717) is 0 Å². The number of esters is 1. The SMILES string of the molecule is CCOC(=O)C(C#N)(NC(C)=O)C1c2ccccc2-c2ccccc21. The molecule has 0 aromatic heterocycles. The van der Waals surface area contributed by atoms with Crippen LogP contribution in [0.2, 0.25) is 0 Å². The zero-order chi connectivity index (χ0) is 18.0. The molecule has 0 aliphatic heterocycles. The molecule has 3 rings (SSSR count). The molecule has 2 aromatic rings. The predicted octanol–water partition coefficient (Wildman–Crippen LogP) is 2.76. The molecule has 1 aliphatic rings. The second-order valence-corrected chi connectivity index (χ2v) is 5.93. The van der Waals surface area contributed by atoms with Gasteiger partial charge in [-0.15, -0.1) is 0 Å². The molecule has 0 saturated carbocycles. The Balaban J connectivity index is 2.27. The Morgan fingerprint density at radius 1 is 1.12 bits per heavy atom. The zero-order valence-electron chi connectivity index (χ0n) is 14.1. The van der Waals surface area contributed by atoms with Crippen molar-refractivity contribution >= 4 is 11.9 Å².